The molecule has 1 fully saturated rings. The predicted molar refractivity (Wildman–Crippen MR) is 183 cm³/mol. The van der Waals surface area contributed by atoms with Crippen LogP contribution in [-0.2, 0) is 17.6 Å². The maximum atomic E-state index is 11.2. The molecule has 0 aliphatic carbocycles. The Hall–Kier alpha value is -2.52. The fraction of sp³-hybridized carbons (Fsp3) is 0.684. The fourth-order valence-corrected chi connectivity index (χ4v) is 8.10. The third-order valence-electron chi connectivity index (χ3n) is 10.8. The van der Waals surface area contributed by atoms with E-state index in [4.69, 9.17) is 23.7 Å². The number of aliphatic hydroxyl groups is 1. The normalized spacial score (nSPS) is 22.7. The third kappa shape index (κ3) is 7.95. The second-order valence-electron chi connectivity index (χ2n) is 13.6. The molecular formula is C38H58N2O6. The number of ether oxygens (including phenoxy) is 5. The minimum atomic E-state index is -0.526. The molecule has 1 saturated heterocycles. The molecule has 2 aromatic carbocycles. The summed E-state index contributed by atoms with van der Waals surface area (Å²) in [5, 5.41) is 11.2. The molecule has 5 atom stereocenters. The monoisotopic (exact) mass is 638 g/mol. The highest BCUT2D eigenvalue weighted by atomic mass is 16.5. The van der Waals surface area contributed by atoms with Crippen LogP contribution >= 0.6 is 0 Å². The maximum Gasteiger partial charge on any atom is 0.161 e. The van der Waals surface area contributed by atoms with Gasteiger partial charge in [-0.05, 0) is 103 Å². The summed E-state index contributed by atoms with van der Waals surface area (Å²) >= 11 is 0. The Morgan fingerprint density at radius 1 is 0.804 bits per heavy atom. The lowest BCUT2D eigenvalue weighted by Crippen LogP contribution is -2.44. The molecule has 46 heavy (non-hydrogen) atoms. The predicted octanol–water partition coefficient (Wildman–Crippen LogP) is 6.61. The highest BCUT2D eigenvalue weighted by molar-refractivity contribution is 5.51. The van der Waals surface area contributed by atoms with E-state index in [1.165, 1.54) is 47.9 Å². The molecule has 3 aliphatic rings. The number of aliphatic hydroxyl groups excluding tert-OH is 1. The van der Waals surface area contributed by atoms with Gasteiger partial charge in [0.05, 0.1) is 41.2 Å². The highest BCUT2D eigenvalue weighted by Crippen LogP contribution is 2.47. The van der Waals surface area contributed by atoms with Crippen molar-refractivity contribution < 1.29 is 28.8 Å². The number of unbranched alkanes of at least 4 members (excludes halogenated alkanes) is 1. The molecule has 0 spiro atoms. The van der Waals surface area contributed by atoms with Crippen molar-refractivity contribution in [3.8, 4) is 23.0 Å². The van der Waals surface area contributed by atoms with Crippen LogP contribution in [0.3, 0.4) is 0 Å². The van der Waals surface area contributed by atoms with Crippen LogP contribution in [0.5, 0.6) is 23.0 Å². The molecule has 0 aromatic heterocycles. The van der Waals surface area contributed by atoms with E-state index >= 15 is 0 Å². The van der Waals surface area contributed by atoms with Gasteiger partial charge in [0.15, 0.2) is 23.0 Å². The van der Waals surface area contributed by atoms with E-state index in [1.807, 2.05) is 0 Å². The van der Waals surface area contributed by atoms with Crippen LogP contribution in [0.4, 0.5) is 0 Å². The number of piperidine rings is 1. The molecule has 0 saturated carbocycles. The molecule has 256 valence electrons. The third-order valence-corrected chi connectivity index (χ3v) is 10.8. The van der Waals surface area contributed by atoms with Crippen LogP contribution in [0.1, 0.15) is 93.1 Å². The van der Waals surface area contributed by atoms with Gasteiger partial charge < -0.3 is 28.8 Å². The summed E-state index contributed by atoms with van der Waals surface area (Å²) in [4.78, 5) is 5.17. The van der Waals surface area contributed by atoms with Crippen molar-refractivity contribution in [3.05, 3.63) is 46.5 Å². The Morgan fingerprint density at radius 3 is 2.09 bits per heavy atom. The number of fused-ring (bicyclic) bond motifs is 4. The SMILES string of the molecule is CCCCC(CC)COCC(O)CN1CCc2cc(OC)c(OC)cc2C1CC1CCN2CCc3cc(OC)c(OC)cc3C2C1. The zero-order chi connectivity index (χ0) is 32.6. The molecule has 1 N–H and O–H groups in total. The summed E-state index contributed by atoms with van der Waals surface area (Å²) < 4.78 is 28.9. The Morgan fingerprint density at radius 2 is 1.43 bits per heavy atom. The van der Waals surface area contributed by atoms with Gasteiger partial charge in [0.2, 0.25) is 0 Å². The van der Waals surface area contributed by atoms with Gasteiger partial charge in [-0.25, -0.2) is 0 Å². The van der Waals surface area contributed by atoms with E-state index in [1.54, 1.807) is 28.4 Å². The maximum absolute atomic E-state index is 11.2. The molecule has 0 radical (unpaired) electrons. The first kappa shape index (κ1) is 34.8. The van der Waals surface area contributed by atoms with Gasteiger partial charge in [0.1, 0.15) is 0 Å². The molecule has 8 nitrogen and oxygen atoms in total. The standard InChI is InChI=1S/C38H58N2O6/c1-7-9-10-26(8-2)24-46-25-30(41)23-40-16-13-29-20-36(43-4)38(45-6)22-32(29)34(40)18-27-11-14-39-15-12-28-19-35(42-3)37(44-5)21-31(28)33(39)17-27/h19-22,26-27,30,33-34,41H,7-18,23-25H2,1-6H3. The first-order chi connectivity index (χ1) is 22.4. The smallest absolute Gasteiger partial charge is 0.161 e. The number of nitrogens with zero attached hydrogens (tertiary/aromatic N) is 2. The number of β-amino-alcohol motifs (C(OH)–C–C–N with tert-alkyl or cyclic N) is 1. The number of methoxy groups -OCH3 is 4. The molecule has 3 heterocycles. The molecule has 0 amide bonds. The quantitative estimate of drug-likeness (QED) is 0.220. The zero-order valence-corrected chi connectivity index (χ0v) is 29.2. The zero-order valence-electron chi connectivity index (χ0n) is 29.2. The minimum Gasteiger partial charge on any atom is -0.493 e. The molecule has 8 heteroatoms. The van der Waals surface area contributed by atoms with Crippen LogP contribution in [0.25, 0.3) is 0 Å². The van der Waals surface area contributed by atoms with Crippen LogP contribution < -0.4 is 18.9 Å². The van der Waals surface area contributed by atoms with Crippen LogP contribution in [-0.4, -0.2) is 88.8 Å². The van der Waals surface area contributed by atoms with Gasteiger partial charge in [0, 0.05) is 38.3 Å². The van der Waals surface area contributed by atoms with E-state index in [0.29, 0.717) is 31.0 Å². The second kappa shape index (κ2) is 16.5. The lowest BCUT2D eigenvalue weighted by atomic mass is 9.77. The van der Waals surface area contributed by atoms with Gasteiger partial charge in [0.25, 0.3) is 0 Å². The van der Waals surface area contributed by atoms with Crippen LogP contribution in [0.2, 0.25) is 0 Å². The van der Waals surface area contributed by atoms with E-state index < -0.39 is 6.10 Å². The lowest BCUT2D eigenvalue weighted by Gasteiger charge is -2.46. The topological polar surface area (TPSA) is 72.9 Å². The van der Waals surface area contributed by atoms with E-state index in [2.05, 4.69) is 47.9 Å². The number of hydrogen-bond donors (Lipinski definition) is 1. The first-order valence-corrected chi connectivity index (χ1v) is 17.7. The van der Waals surface area contributed by atoms with E-state index in [9.17, 15) is 5.11 Å². The number of rotatable bonds is 16. The summed E-state index contributed by atoms with van der Waals surface area (Å²) in [6.45, 7) is 9.28. The molecule has 2 aromatic rings. The largest absolute Gasteiger partial charge is 0.493 e. The number of hydrogen-bond acceptors (Lipinski definition) is 8. The van der Waals surface area contributed by atoms with Gasteiger partial charge in [-0.15, -0.1) is 0 Å². The Labute approximate surface area is 277 Å². The highest BCUT2D eigenvalue weighted by Gasteiger charge is 2.38. The van der Waals surface area contributed by atoms with Gasteiger partial charge >= 0.3 is 0 Å². The molecule has 5 rings (SSSR count). The molecule has 0 bridgehead atoms. The average Bonchev–Trinajstić information content (AvgIpc) is 3.09. The summed E-state index contributed by atoms with van der Waals surface area (Å²) in [5.41, 5.74) is 5.39. The van der Waals surface area contributed by atoms with Crippen molar-refractivity contribution in [1.82, 2.24) is 9.80 Å². The van der Waals surface area contributed by atoms with Crippen molar-refractivity contribution >= 4 is 0 Å². The van der Waals surface area contributed by atoms with E-state index in [0.717, 1.165) is 81.3 Å². The fourth-order valence-electron chi connectivity index (χ4n) is 8.10. The minimum absolute atomic E-state index is 0.191. The summed E-state index contributed by atoms with van der Waals surface area (Å²) in [6.07, 6.45) is 9.53. The Bertz CT molecular complexity index is 1270. The molecular weight excluding hydrogens is 580 g/mol. The van der Waals surface area contributed by atoms with Crippen LogP contribution in [0, 0.1) is 11.8 Å². The van der Waals surface area contributed by atoms with Crippen molar-refractivity contribution in [1.29, 1.82) is 0 Å². The average molecular weight is 639 g/mol. The van der Waals surface area contributed by atoms with Gasteiger partial charge in [-0.1, -0.05) is 33.1 Å². The Kier molecular flexibility index (Phi) is 12.5. The van der Waals surface area contributed by atoms with E-state index in [-0.39, 0.29) is 6.04 Å². The lowest BCUT2D eigenvalue weighted by molar-refractivity contribution is -0.00945. The van der Waals surface area contributed by atoms with Gasteiger partial charge in [-0.2, -0.15) is 0 Å². The summed E-state index contributed by atoms with van der Waals surface area (Å²) in [7, 11) is 6.86. The molecule has 5 unspecified atom stereocenters. The van der Waals surface area contributed by atoms with Crippen molar-refractivity contribution in [2.45, 2.75) is 89.8 Å². The summed E-state index contributed by atoms with van der Waals surface area (Å²) in [6, 6.07) is 9.32. The second-order valence-corrected chi connectivity index (χ2v) is 13.6. The molecule has 3 aliphatic heterocycles. The van der Waals surface area contributed by atoms with Gasteiger partial charge in [-0.3, -0.25) is 9.80 Å². The van der Waals surface area contributed by atoms with Crippen LogP contribution in [0.15, 0.2) is 24.3 Å². The Balaban J connectivity index is 1.34. The van der Waals surface area contributed by atoms with Crippen molar-refractivity contribution in [3.63, 3.8) is 0 Å². The first-order valence-electron chi connectivity index (χ1n) is 17.7. The van der Waals surface area contributed by atoms with Crippen molar-refractivity contribution in [2.24, 2.45) is 11.8 Å². The summed E-state index contributed by atoms with van der Waals surface area (Å²) in [5.74, 6) is 4.30. The number of benzene rings is 2. The van der Waals surface area contributed by atoms with Crippen molar-refractivity contribution in [2.75, 3.05) is 67.8 Å².